The number of aryl methyl sites for hydroxylation is 2. The van der Waals surface area contributed by atoms with Gasteiger partial charge in [0.1, 0.15) is 10.6 Å². The van der Waals surface area contributed by atoms with E-state index in [2.05, 4.69) is 9.88 Å². The molecule has 0 radical (unpaired) electrons. The lowest BCUT2D eigenvalue weighted by Crippen LogP contribution is -2.50. The van der Waals surface area contributed by atoms with Crippen molar-refractivity contribution in [1.82, 2.24) is 14.8 Å². The van der Waals surface area contributed by atoms with E-state index in [1.807, 2.05) is 4.90 Å². The van der Waals surface area contributed by atoms with Crippen molar-refractivity contribution in [3.8, 4) is 0 Å². The zero-order valence-electron chi connectivity index (χ0n) is 18.0. The number of piperidine rings is 1. The first-order chi connectivity index (χ1) is 14.2. The van der Waals surface area contributed by atoms with Crippen LogP contribution in [0.3, 0.4) is 0 Å². The Morgan fingerprint density at radius 3 is 2.17 bits per heavy atom. The summed E-state index contributed by atoms with van der Waals surface area (Å²) in [6.45, 7) is 4.50. The molecule has 0 spiro atoms. The number of hydrogen-bond acceptors (Lipinski definition) is 5. The molecule has 5 aliphatic rings. The maximum atomic E-state index is 13.1. The molecule has 0 aromatic carbocycles. The van der Waals surface area contributed by atoms with Crippen LogP contribution in [0.15, 0.2) is 9.42 Å². The van der Waals surface area contributed by atoms with Crippen molar-refractivity contribution in [2.75, 3.05) is 13.1 Å². The Morgan fingerprint density at radius 1 is 1.10 bits per heavy atom. The SMILES string of the molecule is Cc1noc(C)c1S(=O)(=O)NC1CCN(C(=O)CC23CC4CC(CC(C4)C2)C3)CC1. The zero-order valence-corrected chi connectivity index (χ0v) is 18.8. The van der Waals surface area contributed by atoms with Crippen molar-refractivity contribution < 1.29 is 17.7 Å². The van der Waals surface area contributed by atoms with Gasteiger partial charge in [-0.05, 0) is 88.4 Å². The second-order valence-corrected chi connectivity index (χ2v) is 12.2. The summed E-state index contributed by atoms with van der Waals surface area (Å²) in [4.78, 5) is 15.2. The van der Waals surface area contributed by atoms with E-state index in [1.54, 1.807) is 13.8 Å². The molecule has 2 heterocycles. The van der Waals surface area contributed by atoms with Gasteiger partial charge in [0.2, 0.25) is 15.9 Å². The fourth-order valence-electron chi connectivity index (χ4n) is 7.32. The molecule has 4 aliphatic carbocycles. The van der Waals surface area contributed by atoms with E-state index in [-0.39, 0.29) is 22.3 Å². The number of nitrogens with zero attached hydrogens (tertiary/aromatic N) is 2. The Kier molecular flexibility index (Phi) is 5.01. The van der Waals surface area contributed by atoms with Crippen LogP contribution in [0.4, 0.5) is 0 Å². The third kappa shape index (κ3) is 3.70. The summed E-state index contributed by atoms with van der Waals surface area (Å²) in [5, 5.41) is 3.75. The number of sulfonamides is 1. The van der Waals surface area contributed by atoms with Crippen molar-refractivity contribution >= 4 is 15.9 Å². The summed E-state index contributed by atoms with van der Waals surface area (Å²) in [5.74, 6) is 3.16. The first-order valence-electron chi connectivity index (χ1n) is 11.5. The Hall–Kier alpha value is -1.41. The molecule has 0 unspecified atom stereocenters. The average Bonchev–Trinajstić information content (AvgIpc) is 2.99. The molecule has 1 aromatic rings. The third-order valence-electron chi connectivity index (χ3n) is 8.10. The number of hydrogen-bond donors (Lipinski definition) is 1. The summed E-state index contributed by atoms with van der Waals surface area (Å²) in [6, 6.07) is -0.160. The average molecular weight is 436 g/mol. The normalized spacial score (nSPS) is 33.9. The molecule has 4 saturated carbocycles. The first-order valence-corrected chi connectivity index (χ1v) is 12.9. The summed E-state index contributed by atoms with van der Waals surface area (Å²) in [7, 11) is -3.66. The van der Waals surface area contributed by atoms with Crippen LogP contribution in [0, 0.1) is 37.0 Å². The minimum Gasteiger partial charge on any atom is -0.360 e. The van der Waals surface area contributed by atoms with Gasteiger partial charge >= 0.3 is 0 Å². The summed E-state index contributed by atoms with van der Waals surface area (Å²) >= 11 is 0. The number of rotatable bonds is 5. The molecule has 1 aromatic heterocycles. The van der Waals surface area contributed by atoms with E-state index in [9.17, 15) is 13.2 Å². The van der Waals surface area contributed by atoms with Crippen molar-refractivity contribution in [3.63, 3.8) is 0 Å². The van der Waals surface area contributed by atoms with Gasteiger partial charge in [-0.1, -0.05) is 5.16 Å². The summed E-state index contributed by atoms with van der Waals surface area (Å²) in [5.41, 5.74) is 0.635. The lowest BCUT2D eigenvalue weighted by molar-refractivity contribution is -0.140. The predicted molar refractivity (Wildman–Crippen MR) is 111 cm³/mol. The van der Waals surface area contributed by atoms with Crippen LogP contribution in [-0.2, 0) is 14.8 Å². The van der Waals surface area contributed by atoms with Crippen molar-refractivity contribution in [2.45, 2.75) is 82.6 Å². The van der Waals surface area contributed by atoms with Gasteiger partial charge in [0.05, 0.1) is 0 Å². The molecule has 6 rings (SSSR count). The minimum atomic E-state index is -3.66. The Labute approximate surface area is 179 Å². The van der Waals surface area contributed by atoms with Crippen LogP contribution in [0.2, 0.25) is 0 Å². The number of nitrogens with one attached hydrogen (secondary N) is 1. The lowest BCUT2D eigenvalue weighted by atomic mass is 9.49. The van der Waals surface area contributed by atoms with Gasteiger partial charge in [0.15, 0.2) is 5.76 Å². The van der Waals surface area contributed by atoms with Gasteiger partial charge in [-0.25, -0.2) is 13.1 Å². The lowest BCUT2D eigenvalue weighted by Gasteiger charge is -2.57. The number of aromatic nitrogens is 1. The molecule has 30 heavy (non-hydrogen) atoms. The predicted octanol–water partition coefficient (Wildman–Crippen LogP) is 3.17. The second-order valence-electron chi connectivity index (χ2n) is 10.5. The molecule has 5 fully saturated rings. The van der Waals surface area contributed by atoms with Crippen LogP contribution in [0.5, 0.6) is 0 Å². The number of likely N-dealkylation sites (tertiary alicyclic amines) is 1. The van der Waals surface area contributed by atoms with Crippen molar-refractivity contribution in [3.05, 3.63) is 11.5 Å². The highest BCUT2D eigenvalue weighted by Crippen LogP contribution is 2.61. The minimum absolute atomic E-state index is 0.142. The molecule has 166 valence electrons. The van der Waals surface area contributed by atoms with Crippen LogP contribution in [0.25, 0.3) is 0 Å². The van der Waals surface area contributed by atoms with Gasteiger partial charge < -0.3 is 9.42 Å². The smallest absolute Gasteiger partial charge is 0.246 e. The third-order valence-corrected chi connectivity index (χ3v) is 9.86. The van der Waals surface area contributed by atoms with Crippen LogP contribution < -0.4 is 4.72 Å². The molecule has 7 nitrogen and oxygen atoms in total. The van der Waals surface area contributed by atoms with Gasteiger partial charge in [-0.2, -0.15) is 0 Å². The van der Waals surface area contributed by atoms with E-state index < -0.39 is 10.0 Å². The van der Waals surface area contributed by atoms with Crippen LogP contribution in [-0.4, -0.2) is 43.5 Å². The largest absolute Gasteiger partial charge is 0.360 e. The molecular formula is C22H33N3O4S. The van der Waals surface area contributed by atoms with Gasteiger partial charge in [-0.15, -0.1) is 0 Å². The molecule has 1 amide bonds. The maximum Gasteiger partial charge on any atom is 0.246 e. The number of amides is 1. The van der Waals surface area contributed by atoms with Gasteiger partial charge in [0.25, 0.3) is 0 Å². The van der Waals surface area contributed by atoms with E-state index in [0.717, 1.165) is 17.8 Å². The van der Waals surface area contributed by atoms with E-state index >= 15 is 0 Å². The fourth-order valence-corrected chi connectivity index (χ4v) is 8.96. The molecule has 1 aliphatic heterocycles. The molecule has 0 atom stereocenters. The topological polar surface area (TPSA) is 92.5 Å². The summed E-state index contributed by atoms with van der Waals surface area (Å²) < 4.78 is 33.3. The number of carbonyl (C=O) groups is 1. The van der Waals surface area contributed by atoms with Crippen LogP contribution in [0.1, 0.15) is 69.2 Å². The highest BCUT2D eigenvalue weighted by molar-refractivity contribution is 7.89. The highest BCUT2D eigenvalue weighted by Gasteiger charge is 2.51. The number of carbonyl (C=O) groups excluding carboxylic acids is 1. The van der Waals surface area contributed by atoms with Crippen molar-refractivity contribution in [1.29, 1.82) is 0 Å². The van der Waals surface area contributed by atoms with E-state index in [4.69, 9.17) is 4.52 Å². The second kappa shape index (κ2) is 7.33. The van der Waals surface area contributed by atoms with Gasteiger partial charge in [-0.3, -0.25) is 4.79 Å². The standard InChI is InChI=1S/C22H33N3O4S/c1-14-21(15(2)29-23-14)30(27,28)24-19-3-5-25(6-4-19)20(26)13-22-10-16-7-17(11-22)9-18(8-16)12-22/h16-19,24H,3-13H2,1-2H3. The Balaban J connectivity index is 1.17. The Morgan fingerprint density at radius 2 is 1.67 bits per heavy atom. The zero-order chi connectivity index (χ0) is 21.1. The summed E-state index contributed by atoms with van der Waals surface area (Å²) in [6.07, 6.45) is 9.92. The van der Waals surface area contributed by atoms with E-state index in [0.29, 0.717) is 43.8 Å². The monoisotopic (exact) mass is 435 g/mol. The Bertz CT molecular complexity index is 875. The van der Waals surface area contributed by atoms with Crippen molar-refractivity contribution in [2.24, 2.45) is 23.2 Å². The maximum absolute atomic E-state index is 13.1. The highest BCUT2D eigenvalue weighted by atomic mass is 32.2. The fraction of sp³-hybridized carbons (Fsp3) is 0.818. The molecule has 1 N–H and O–H groups in total. The van der Waals surface area contributed by atoms with E-state index in [1.165, 1.54) is 38.5 Å². The first kappa shape index (κ1) is 20.5. The molecule has 8 heteroatoms. The molecular weight excluding hydrogens is 402 g/mol. The quantitative estimate of drug-likeness (QED) is 0.767. The van der Waals surface area contributed by atoms with Crippen LogP contribution >= 0.6 is 0 Å². The molecule has 1 saturated heterocycles. The molecule has 4 bridgehead atoms. The van der Waals surface area contributed by atoms with Gasteiger partial charge in [0, 0.05) is 25.6 Å².